The van der Waals surface area contributed by atoms with Gasteiger partial charge in [-0.1, -0.05) is 18.2 Å². The van der Waals surface area contributed by atoms with Gasteiger partial charge in [-0.15, -0.1) is 11.8 Å². The van der Waals surface area contributed by atoms with E-state index in [1.807, 2.05) is 41.5 Å². The standard InChI is InChI=1S/C20H22N2O3S/c1-26-19-5-3-2-4-16(19)20(23)22-10-8-21(9-11-22)13-15-6-7-17-18(12-15)25-14-24-17/h2-7,12H,8-11,13-14H2,1H3. The van der Waals surface area contributed by atoms with Crippen molar-refractivity contribution in [3.63, 3.8) is 0 Å². The van der Waals surface area contributed by atoms with Gasteiger partial charge in [-0.3, -0.25) is 9.69 Å². The van der Waals surface area contributed by atoms with Gasteiger partial charge in [0.05, 0.1) is 5.56 Å². The van der Waals surface area contributed by atoms with Gasteiger partial charge in [-0.05, 0) is 36.1 Å². The van der Waals surface area contributed by atoms with Crippen LogP contribution in [0.15, 0.2) is 47.4 Å². The maximum absolute atomic E-state index is 12.8. The molecule has 1 fully saturated rings. The second kappa shape index (κ2) is 7.60. The lowest BCUT2D eigenvalue weighted by Crippen LogP contribution is -2.48. The van der Waals surface area contributed by atoms with Gasteiger partial charge in [0.2, 0.25) is 6.79 Å². The first-order chi connectivity index (χ1) is 12.7. The molecule has 0 aromatic heterocycles. The predicted octanol–water partition coefficient (Wildman–Crippen LogP) is 3.10. The number of benzene rings is 2. The highest BCUT2D eigenvalue weighted by molar-refractivity contribution is 7.98. The summed E-state index contributed by atoms with van der Waals surface area (Å²) in [6.07, 6.45) is 2.01. The van der Waals surface area contributed by atoms with E-state index in [1.165, 1.54) is 5.56 Å². The van der Waals surface area contributed by atoms with Crippen LogP contribution in [0.3, 0.4) is 0 Å². The number of ether oxygens (including phenoxy) is 2. The molecule has 2 aromatic carbocycles. The molecule has 0 N–H and O–H groups in total. The second-order valence-corrected chi connectivity index (χ2v) is 7.30. The van der Waals surface area contributed by atoms with Gasteiger partial charge in [0, 0.05) is 37.6 Å². The lowest BCUT2D eigenvalue weighted by molar-refractivity contribution is 0.0625. The summed E-state index contributed by atoms with van der Waals surface area (Å²) in [7, 11) is 0. The van der Waals surface area contributed by atoms with E-state index in [0.717, 1.165) is 54.7 Å². The highest BCUT2D eigenvalue weighted by Gasteiger charge is 2.24. The molecule has 0 radical (unpaired) electrons. The average Bonchev–Trinajstić information content (AvgIpc) is 3.16. The molecule has 2 aliphatic heterocycles. The number of amides is 1. The summed E-state index contributed by atoms with van der Waals surface area (Å²) < 4.78 is 10.8. The lowest BCUT2D eigenvalue weighted by atomic mass is 10.1. The Morgan fingerprint density at radius 3 is 2.62 bits per heavy atom. The number of carbonyl (C=O) groups is 1. The van der Waals surface area contributed by atoms with E-state index in [0.29, 0.717) is 6.79 Å². The van der Waals surface area contributed by atoms with Crippen molar-refractivity contribution >= 4 is 17.7 Å². The van der Waals surface area contributed by atoms with Crippen LogP contribution in [-0.4, -0.2) is 54.9 Å². The summed E-state index contributed by atoms with van der Waals surface area (Å²) in [6, 6.07) is 13.9. The number of rotatable bonds is 4. The molecule has 136 valence electrons. The zero-order chi connectivity index (χ0) is 17.9. The summed E-state index contributed by atoms with van der Waals surface area (Å²) in [5, 5.41) is 0. The monoisotopic (exact) mass is 370 g/mol. The molecule has 0 aliphatic carbocycles. The minimum absolute atomic E-state index is 0.137. The smallest absolute Gasteiger partial charge is 0.255 e. The molecule has 26 heavy (non-hydrogen) atoms. The zero-order valence-corrected chi connectivity index (χ0v) is 15.6. The maximum Gasteiger partial charge on any atom is 0.255 e. The molecule has 1 saturated heterocycles. The highest BCUT2D eigenvalue weighted by Crippen LogP contribution is 2.33. The summed E-state index contributed by atoms with van der Waals surface area (Å²) in [6.45, 7) is 4.43. The minimum atomic E-state index is 0.137. The molecule has 6 heteroatoms. The first-order valence-electron chi connectivity index (χ1n) is 8.78. The van der Waals surface area contributed by atoms with Crippen LogP contribution in [0.2, 0.25) is 0 Å². The first-order valence-corrected chi connectivity index (χ1v) is 10.0. The molecule has 4 rings (SSSR count). The second-order valence-electron chi connectivity index (χ2n) is 6.46. The van der Waals surface area contributed by atoms with Crippen molar-refractivity contribution in [2.45, 2.75) is 11.4 Å². The van der Waals surface area contributed by atoms with E-state index in [1.54, 1.807) is 11.8 Å². The fourth-order valence-electron chi connectivity index (χ4n) is 3.40. The van der Waals surface area contributed by atoms with E-state index in [9.17, 15) is 4.79 Å². The number of fused-ring (bicyclic) bond motifs is 1. The lowest BCUT2D eigenvalue weighted by Gasteiger charge is -2.35. The van der Waals surface area contributed by atoms with Crippen molar-refractivity contribution in [3.05, 3.63) is 53.6 Å². The van der Waals surface area contributed by atoms with Crippen molar-refractivity contribution in [3.8, 4) is 11.5 Å². The van der Waals surface area contributed by atoms with E-state index >= 15 is 0 Å². The molecule has 0 atom stereocenters. The van der Waals surface area contributed by atoms with Gasteiger partial charge < -0.3 is 14.4 Å². The molecule has 0 saturated carbocycles. The number of hydrogen-bond acceptors (Lipinski definition) is 5. The molecule has 1 amide bonds. The van der Waals surface area contributed by atoms with E-state index < -0.39 is 0 Å². The third-order valence-electron chi connectivity index (χ3n) is 4.84. The molecule has 0 bridgehead atoms. The van der Waals surface area contributed by atoms with Crippen LogP contribution in [0, 0.1) is 0 Å². The molecule has 0 spiro atoms. The molecule has 0 unspecified atom stereocenters. The Kier molecular flexibility index (Phi) is 5.04. The van der Waals surface area contributed by atoms with Crippen LogP contribution in [0.1, 0.15) is 15.9 Å². The third-order valence-corrected chi connectivity index (χ3v) is 5.64. The molecule has 5 nitrogen and oxygen atoms in total. The molecule has 2 heterocycles. The Morgan fingerprint density at radius 1 is 1.04 bits per heavy atom. The largest absolute Gasteiger partial charge is 0.454 e. The van der Waals surface area contributed by atoms with Crippen molar-refractivity contribution in [2.24, 2.45) is 0 Å². The molecule has 2 aliphatic rings. The van der Waals surface area contributed by atoms with Crippen LogP contribution < -0.4 is 9.47 Å². The van der Waals surface area contributed by atoms with Crippen LogP contribution in [0.25, 0.3) is 0 Å². The van der Waals surface area contributed by atoms with Crippen LogP contribution in [0.5, 0.6) is 11.5 Å². The average molecular weight is 370 g/mol. The van der Waals surface area contributed by atoms with E-state index in [4.69, 9.17) is 9.47 Å². The van der Waals surface area contributed by atoms with Crippen molar-refractivity contribution in [1.82, 2.24) is 9.80 Å². The number of hydrogen-bond donors (Lipinski definition) is 0. The molecular formula is C20H22N2O3S. The van der Waals surface area contributed by atoms with Crippen LogP contribution in [-0.2, 0) is 6.54 Å². The molecular weight excluding hydrogens is 348 g/mol. The maximum atomic E-state index is 12.8. The van der Waals surface area contributed by atoms with Gasteiger partial charge in [-0.25, -0.2) is 0 Å². The summed E-state index contributed by atoms with van der Waals surface area (Å²) >= 11 is 1.62. The van der Waals surface area contributed by atoms with Gasteiger partial charge >= 0.3 is 0 Å². The van der Waals surface area contributed by atoms with Gasteiger partial charge in [0.1, 0.15) is 0 Å². The SMILES string of the molecule is CSc1ccccc1C(=O)N1CCN(Cc2ccc3c(c2)OCO3)CC1. The zero-order valence-electron chi connectivity index (χ0n) is 14.8. The highest BCUT2D eigenvalue weighted by atomic mass is 32.2. The predicted molar refractivity (Wildman–Crippen MR) is 102 cm³/mol. The number of nitrogens with zero attached hydrogens (tertiary/aromatic N) is 2. The quantitative estimate of drug-likeness (QED) is 0.774. The Hall–Kier alpha value is -2.18. The first kappa shape index (κ1) is 17.2. The fourth-order valence-corrected chi connectivity index (χ4v) is 3.99. The van der Waals surface area contributed by atoms with E-state index in [-0.39, 0.29) is 5.91 Å². The van der Waals surface area contributed by atoms with Crippen molar-refractivity contribution in [2.75, 3.05) is 39.2 Å². The van der Waals surface area contributed by atoms with Crippen LogP contribution in [0.4, 0.5) is 0 Å². The third kappa shape index (κ3) is 3.52. The van der Waals surface area contributed by atoms with Gasteiger partial charge in [0.15, 0.2) is 11.5 Å². The summed E-state index contributed by atoms with van der Waals surface area (Å²) in [5.41, 5.74) is 2.02. The number of carbonyl (C=O) groups excluding carboxylic acids is 1. The molecule has 2 aromatic rings. The topological polar surface area (TPSA) is 42.0 Å². The Morgan fingerprint density at radius 2 is 1.81 bits per heavy atom. The van der Waals surface area contributed by atoms with Gasteiger partial charge in [0.25, 0.3) is 5.91 Å². The van der Waals surface area contributed by atoms with Crippen molar-refractivity contribution < 1.29 is 14.3 Å². The fraction of sp³-hybridized carbons (Fsp3) is 0.350. The number of thioether (sulfide) groups is 1. The number of piperazine rings is 1. The minimum Gasteiger partial charge on any atom is -0.454 e. The van der Waals surface area contributed by atoms with E-state index in [2.05, 4.69) is 17.0 Å². The van der Waals surface area contributed by atoms with Crippen LogP contribution >= 0.6 is 11.8 Å². The van der Waals surface area contributed by atoms with Gasteiger partial charge in [-0.2, -0.15) is 0 Å². The Bertz CT molecular complexity index is 803. The normalized spacial score (nSPS) is 16.7. The summed E-state index contributed by atoms with van der Waals surface area (Å²) in [5.74, 6) is 1.78. The Labute approximate surface area is 157 Å². The Balaban J connectivity index is 1.36. The summed E-state index contributed by atoms with van der Waals surface area (Å²) in [4.78, 5) is 18.2. The van der Waals surface area contributed by atoms with Crippen molar-refractivity contribution in [1.29, 1.82) is 0 Å².